The summed E-state index contributed by atoms with van der Waals surface area (Å²) >= 11 is 2.15. The minimum Gasteiger partial charge on any atom is -0.162 e. The lowest BCUT2D eigenvalue weighted by Gasteiger charge is -2.36. The summed E-state index contributed by atoms with van der Waals surface area (Å²) in [5, 5.41) is 0. The molecule has 2 atom stereocenters. The highest BCUT2D eigenvalue weighted by Crippen LogP contribution is 2.37. The molecule has 1 heterocycles. The summed E-state index contributed by atoms with van der Waals surface area (Å²) in [6.07, 6.45) is 1.45. The van der Waals surface area contributed by atoms with Gasteiger partial charge >= 0.3 is 0 Å². The van der Waals surface area contributed by atoms with Crippen molar-refractivity contribution in [3.63, 3.8) is 0 Å². The fourth-order valence-corrected chi connectivity index (χ4v) is 3.80. The van der Waals surface area contributed by atoms with E-state index in [4.69, 9.17) is 0 Å². The van der Waals surface area contributed by atoms with E-state index < -0.39 is 0 Å². The van der Waals surface area contributed by atoms with Crippen molar-refractivity contribution in [1.29, 1.82) is 0 Å². The van der Waals surface area contributed by atoms with Crippen LogP contribution in [0.1, 0.15) is 34.1 Å². The largest absolute Gasteiger partial charge is 0.162 e. The maximum atomic E-state index is 2.38. The highest BCUT2D eigenvalue weighted by molar-refractivity contribution is 7.99. The van der Waals surface area contributed by atoms with Crippen LogP contribution in [0.4, 0.5) is 0 Å². The molecule has 0 bridgehead atoms. The van der Waals surface area contributed by atoms with E-state index in [0.29, 0.717) is 0 Å². The predicted molar refractivity (Wildman–Crippen MR) is 58.6 cm³/mol. The molecule has 0 radical (unpaired) electrons. The van der Waals surface area contributed by atoms with Crippen LogP contribution >= 0.6 is 11.8 Å². The molecule has 1 saturated heterocycles. The van der Waals surface area contributed by atoms with Gasteiger partial charge in [0.1, 0.15) is 0 Å². The Hall–Kier alpha value is 0.350. The molecule has 2 unspecified atom stereocenters. The van der Waals surface area contributed by atoms with Crippen LogP contribution in [0.3, 0.4) is 0 Å². The molecular weight excluding hydrogens is 164 g/mol. The van der Waals surface area contributed by atoms with Crippen molar-refractivity contribution in [3.05, 3.63) is 0 Å². The van der Waals surface area contributed by atoms with Crippen molar-refractivity contribution in [2.45, 2.75) is 34.1 Å². The number of hydrogen-bond donors (Lipinski definition) is 0. The zero-order chi connectivity index (χ0) is 9.14. The third-order valence-corrected chi connectivity index (χ3v) is 4.31. The molecule has 0 aromatic rings. The van der Waals surface area contributed by atoms with Crippen molar-refractivity contribution in [2.75, 3.05) is 11.5 Å². The molecule has 0 amide bonds. The van der Waals surface area contributed by atoms with Gasteiger partial charge in [0, 0.05) is 0 Å². The first-order valence-corrected chi connectivity index (χ1v) is 6.36. The fraction of sp³-hybridized carbons (Fsp3) is 1.00. The quantitative estimate of drug-likeness (QED) is 0.634. The third-order valence-electron chi connectivity index (χ3n) is 3.17. The van der Waals surface area contributed by atoms with Crippen LogP contribution in [0, 0.1) is 23.7 Å². The lowest BCUT2D eigenvalue weighted by atomic mass is 9.76. The van der Waals surface area contributed by atoms with Gasteiger partial charge < -0.3 is 0 Å². The first-order chi connectivity index (χ1) is 5.63. The van der Waals surface area contributed by atoms with Gasteiger partial charge in [0.25, 0.3) is 0 Å². The van der Waals surface area contributed by atoms with Gasteiger partial charge in [-0.3, -0.25) is 0 Å². The molecule has 1 heteroatoms. The van der Waals surface area contributed by atoms with Crippen molar-refractivity contribution < 1.29 is 0 Å². The first kappa shape index (κ1) is 10.4. The summed E-state index contributed by atoms with van der Waals surface area (Å²) in [7, 11) is 0. The molecule has 0 saturated carbocycles. The van der Waals surface area contributed by atoms with Crippen LogP contribution < -0.4 is 0 Å². The summed E-state index contributed by atoms with van der Waals surface area (Å²) in [4.78, 5) is 0. The van der Waals surface area contributed by atoms with Gasteiger partial charge in [0.05, 0.1) is 0 Å². The van der Waals surface area contributed by atoms with E-state index in [0.717, 1.165) is 23.7 Å². The molecule has 1 fully saturated rings. The van der Waals surface area contributed by atoms with Crippen LogP contribution in [0.5, 0.6) is 0 Å². The van der Waals surface area contributed by atoms with E-state index in [2.05, 4.69) is 39.5 Å². The lowest BCUT2D eigenvalue weighted by molar-refractivity contribution is 0.208. The van der Waals surface area contributed by atoms with Gasteiger partial charge in [-0.05, 0) is 41.6 Å². The van der Waals surface area contributed by atoms with Crippen LogP contribution in [0.15, 0.2) is 0 Å². The summed E-state index contributed by atoms with van der Waals surface area (Å²) in [6, 6.07) is 0. The molecule has 0 N–H and O–H groups in total. The Bertz CT molecular complexity index is 113. The molecule has 0 aliphatic carbocycles. The fourth-order valence-electron chi connectivity index (χ4n) is 2.29. The van der Waals surface area contributed by atoms with Crippen molar-refractivity contribution in [2.24, 2.45) is 23.7 Å². The highest BCUT2D eigenvalue weighted by Gasteiger charge is 2.29. The van der Waals surface area contributed by atoms with E-state index in [9.17, 15) is 0 Å². The second kappa shape index (κ2) is 4.55. The topological polar surface area (TPSA) is 0 Å². The van der Waals surface area contributed by atoms with Gasteiger partial charge in [0.2, 0.25) is 0 Å². The van der Waals surface area contributed by atoms with Gasteiger partial charge in [-0.2, -0.15) is 11.8 Å². The highest BCUT2D eigenvalue weighted by atomic mass is 32.2. The van der Waals surface area contributed by atoms with Gasteiger partial charge in [0.15, 0.2) is 0 Å². The minimum atomic E-state index is 0.880. The summed E-state index contributed by atoms with van der Waals surface area (Å²) in [5.74, 6) is 6.53. The van der Waals surface area contributed by atoms with Crippen LogP contribution in [-0.4, -0.2) is 11.5 Å². The Morgan fingerprint density at radius 1 is 1.00 bits per heavy atom. The average Bonchev–Trinajstić information content (AvgIpc) is 2.04. The van der Waals surface area contributed by atoms with E-state index in [-0.39, 0.29) is 0 Å². The number of thioether (sulfide) groups is 1. The molecule has 0 aromatic carbocycles. The Kier molecular flexibility index (Phi) is 3.95. The molecule has 72 valence electrons. The molecule has 0 aromatic heterocycles. The van der Waals surface area contributed by atoms with Crippen LogP contribution in [-0.2, 0) is 0 Å². The van der Waals surface area contributed by atoms with Crippen molar-refractivity contribution in [1.82, 2.24) is 0 Å². The molecule has 0 nitrogen and oxygen atoms in total. The Morgan fingerprint density at radius 3 is 2.00 bits per heavy atom. The van der Waals surface area contributed by atoms with Crippen LogP contribution in [0.25, 0.3) is 0 Å². The molecule has 0 spiro atoms. The number of hydrogen-bond acceptors (Lipinski definition) is 1. The molecule has 1 aliphatic heterocycles. The van der Waals surface area contributed by atoms with Gasteiger partial charge in [-0.25, -0.2) is 0 Å². The first-order valence-electron chi connectivity index (χ1n) is 5.20. The Morgan fingerprint density at radius 2 is 1.58 bits per heavy atom. The Balaban J connectivity index is 2.54. The summed E-state index contributed by atoms with van der Waals surface area (Å²) < 4.78 is 0. The molecular formula is C11H22S. The van der Waals surface area contributed by atoms with Crippen molar-refractivity contribution in [3.8, 4) is 0 Å². The average molecular weight is 186 g/mol. The lowest BCUT2D eigenvalue weighted by Crippen LogP contribution is -2.30. The normalized spacial score (nSPS) is 31.5. The Labute approximate surface area is 81.5 Å². The van der Waals surface area contributed by atoms with Crippen LogP contribution in [0.2, 0.25) is 0 Å². The maximum Gasteiger partial charge on any atom is -0.00339 e. The second-order valence-electron chi connectivity index (χ2n) is 4.68. The van der Waals surface area contributed by atoms with Gasteiger partial charge in [-0.1, -0.05) is 27.7 Å². The third kappa shape index (κ3) is 2.42. The standard InChI is InChI=1S/C11H22S/c1-8(2)10-5-6-12-7-11(10)9(3)4/h8-11H,5-7H2,1-4H3. The SMILES string of the molecule is CC(C)C1CCSCC1C(C)C. The zero-order valence-corrected chi connectivity index (χ0v) is 9.66. The minimum absolute atomic E-state index is 0.880. The van der Waals surface area contributed by atoms with E-state index in [1.807, 2.05) is 0 Å². The zero-order valence-electron chi connectivity index (χ0n) is 8.84. The smallest absolute Gasteiger partial charge is 0.00339 e. The summed E-state index contributed by atoms with van der Waals surface area (Å²) in [6.45, 7) is 9.53. The van der Waals surface area contributed by atoms with Gasteiger partial charge in [-0.15, -0.1) is 0 Å². The van der Waals surface area contributed by atoms with Crippen molar-refractivity contribution >= 4 is 11.8 Å². The number of rotatable bonds is 2. The maximum absolute atomic E-state index is 2.38. The van der Waals surface area contributed by atoms with E-state index in [1.165, 1.54) is 17.9 Å². The monoisotopic (exact) mass is 186 g/mol. The second-order valence-corrected chi connectivity index (χ2v) is 5.83. The predicted octanol–water partition coefficient (Wildman–Crippen LogP) is 3.67. The molecule has 1 rings (SSSR count). The van der Waals surface area contributed by atoms with E-state index >= 15 is 0 Å². The summed E-state index contributed by atoms with van der Waals surface area (Å²) in [5.41, 5.74) is 0. The van der Waals surface area contributed by atoms with E-state index in [1.54, 1.807) is 0 Å². The molecule has 1 aliphatic rings. The molecule has 12 heavy (non-hydrogen) atoms.